The quantitative estimate of drug-likeness (QED) is 0.469. The van der Waals surface area contributed by atoms with Crippen LogP contribution >= 0.6 is 0 Å². The molecular formula is C33H50N2O. The Hall–Kier alpha value is -2.13. The van der Waals surface area contributed by atoms with E-state index < -0.39 is 0 Å². The van der Waals surface area contributed by atoms with Gasteiger partial charge in [0, 0.05) is 11.4 Å². The first-order chi connectivity index (χ1) is 16.3. The fraction of sp³-hybridized carbons (Fsp3) is 0.606. The molecule has 1 atom stereocenters. The van der Waals surface area contributed by atoms with Gasteiger partial charge in [0.25, 0.3) is 0 Å². The Labute approximate surface area is 221 Å². The number of hydrogen-bond donors (Lipinski definition) is 1. The predicted octanol–water partition coefficient (Wildman–Crippen LogP) is 8.29. The Kier molecular flexibility index (Phi) is 7.61. The summed E-state index contributed by atoms with van der Waals surface area (Å²) >= 11 is 0. The molecule has 1 saturated heterocycles. The van der Waals surface area contributed by atoms with Gasteiger partial charge in [0.1, 0.15) is 0 Å². The molecule has 1 aliphatic heterocycles. The van der Waals surface area contributed by atoms with E-state index in [1.54, 1.807) is 0 Å². The van der Waals surface area contributed by atoms with Crippen LogP contribution in [0.25, 0.3) is 0 Å². The van der Waals surface area contributed by atoms with Gasteiger partial charge in [-0.1, -0.05) is 95.2 Å². The molecule has 1 fully saturated rings. The summed E-state index contributed by atoms with van der Waals surface area (Å²) in [5.74, 6) is 0.143. The lowest BCUT2D eigenvalue weighted by Gasteiger charge is -2.33. The second-order valence-corrected chi connectivity index (χ2v) is 14.9. The zero-order valence-corrected chi connectivity index (χ0v) is 25.0. The summed E-state index contributed by atoms with van der Waals surface area (Å²) in [6, 6.07) is 13.5. The van der Waals surface area contributed by atoms with Crippen LogP contribution in [-0.2, 0) is 26.5 Å². The topological polar surface area (TPSA) is 32.3 Å². The van der Waals surface area contributed by atoms with Gasteiger partial charge in [0.15, 0.2) is 0 Å². The molecule has 0 aromatic heterocycles. The van der Waals surface area contributed by atoms with Crippen molar-refractivity contribution < 1.29 is 4.79 Å². The highest BCUT2D eigenvalue weighted by molar-refractivity contribution is 6.04. The molecule has 3 heteroatoms. The number of amides is 1. The van der Waals surface area contributed by atoms with Gasteiger partial charge in [-0.05, 0) is 87.6 Å². The number of carbonyl (C=O) groups excluding carboxylic acids is 1. The zero-order valence-electron chi connectivity index (χ0n) is 25.0. The Morgan fingerprint density at radius 3 is 1.22 bits per heavy atom. The van der Waals surface area contributed by atoms with E-state index in [2.05, 4.69) is 125 Å². The number of rotatable bonds is 3. The van der Waals surface area contributed by atoms with Gasteiger partial charge in [-0.2, -0.15) is 0 Å². The van der Waals surface area contributed by atoms with Crippen LogP contribution < -0.4 is 10.2 Å². The molecule has 1 N–H and O–H groups in total. The standard InChI is InChI=1S/C33H50N2O/c1-30(2,3)22-16-23(31(4,5)6)19-26(18-22)35(29(36)28-14-13-15-34-28)27-20-24(32(7,8)9)17-25(21-27)33(10,11)12/h16-21,28,34H,13-15H2,1-12H3/t28-/m1/s1. The summed E-state index contributed by atoms with van der Waals surface area (Å²) in [6.07, 6.45) is 1.92. The molecule has 0 aliphatic carbocycles. The third kappa shape index (κ3) is 6.40. The molecule has 36 heavy (non-hydrogen) atoms. The van der Waals surface area contributed by atoms with Gasteiger partial charge in [-0.3, -0.25) is 9.69 Å². The van der Waals surface area contributed by atoms with Gasteiger partial charge in [0.2, 0.25) is 5.91 Å². The van der Waals surface area contributed by atoms with E-state index in [1.807, 2.05) is 4.90 Å². The smallest absolute Gasteiger partial charge is 0.248 e. The lowest BCUT2D eigenvalue weighted by Crippen LogP contribution is -2.41. The van der Waals surface area contributed by atoms with Crippen LogP contribution in [0.3, 0.4) is 0 Å². The molecule has 0 unspecified atom stereocenters. The van der Waals surface area contributed by atoms with Crippen molar-refractivity contribution in [2.45, 2.75) is 124 Å². The fourth-order valence-electron chi connectivity index (χ4n) is 4.67. The SMILES string of the molecule is CC(C)(C)c1cc(N(C(=O)[C@H]2CCCN2)c2cc(C(C)(C)C)cc(C(C)(C)C)c2)cc(C(C)(C)C)c1. The lowest BCUT2D eigenvalue weighted by atomic mass is 9.79. The van der Waals surface area contributed by atoms with E-state index in [-0.39, 0.29) is 33.6 Å². The molecule has 1 aliphatic rings. The molecule has 2 aromatic rings. The van der Waals surface area contributed by atoms with E-state index in [9.17, 15) is 4.79 Å². The maximum atomic E-state index is 14.3. The van der Waals surface area contributed by atoms with E-state index in [1.165, 1.54) is 22.3 Å². The lowest BCUT2D eigenvalue weighted by molar-refractivity contribution is -0.119. The maximum absolute atomic E-state index is 14.3. The monoisotopic (exact) mass is 490 g/mol. The molecule has 0 spiro atoms. The van der Waals surface area contributed by atoms with E-state index in [0.29, 0.717) is 0 Å². The van der Waals surface area contributed by atoms with Crippen LogP contribution in [0.5, 0.6) is 0 Å². The number of nitrogens with zero attached hydrogens (tertiary/aromatic N) is 1. The minimum atomic E-state index is -0.155. The number of hydrogen-bond acceptors (Lipinski definition) is 2. The van der Waals surface area contributed by atoms with Crippen molar-refractivity contribution in [2.24, 2.45) is 0 Å². The van der Waals surface area contributed by atoms with Crippen LogP contribution in [0.2, 0.25) is 0 Å². The molecular weight excluding hydrogens is 440 g/mol. The van der Waals surface area contributed by atoms with Crippen LogP contribution in [0, 0.1) is 0 Å². The first kappa shape index (κ1) is 28.4. The highest BCUT2D eigenvalue weighted by Gasteiger charge is 2.32. The molecule has 0 saturated carbocycles. The summed E-state index contributed by atoms with van der Waals surface area (Å²) in [4.78, 5) is 16.3. The van der Waals surface area contributed by atoms with Gasteiger partial charge in [-0.15, -0.1) is 0 Å². The van der Waals surface area contributed by atoms with Gasteiger partial charge in [0.05, 0.1) is 6.04 Å². The zero-order chi connectivity index (χ0) is 27.3. The van der Waals surface area contributed by atoms with Crippen molar-refractivity contribution in [3.05, 3.63) is 58.7 Å². The largest absolute Gasteiger partial charge is 0.306 e. The highest BCUT2D eigenvalue weighted by atomic mass is 16.2. The Morgan fingerprint density at radius 1 is 0.639 bits per heavy atom. The first-order valence-electron chi connectivity index (χ1n) is 13.7. The van der Waals surface area contributed by atoms with E-state index >= 15 is 0 Å². The van der Waals surface area contributed by atoms with Crippen molar-refractivity contribution >= 4 is 17.3 Å². The number of benzene rings is 2. The molecule has 3 rings (SSSR count). The average Bonchev–Trinajstić information content (AvgIpc) is 3.26. The fourth-order valence-corrected chi connectivity index (χ4v) is 4.67. The van der Waals surface area contributed by atoms with Gasteiger partial charge in [-0.25, -0.2) is 0 Å². The molecule has 1 heterocycles. The van der Waals surface area contributed by atoms with Crippen LogP contribution in [0.4, 0.5) is 11.4 Å². The normalized spacial score (nSPS) is 17.4. The molecule has 2 aromatic carbocycles. The summed E-state index contributed by atoms with van der Waals surface area (Å²) in [5, 5.41) is 3.46. The minimum Gasteiger partial charge on any atom is -0.306 e. The first-order valence-corrected chi connectivity index (χ1v) is 13.7. The Balaban J connectivity index is 2.35. The van der Waals surface area contributed by atoms with Crippen molar-refractivity contribution in [3.8, 4) is 0 Å². The molecule has 0 radical (unpaired) electrons. The van der Waals surface area contributed by atoms with Crippen LogP contribution in [-0.4, -0.2) is 18.5 Å². The maximum Gasteiger partial charge on any atom is 0.248 e. The summed E-state index contributed by atoms with van der Waals surface area (Å²) in [7, 11) is 0. The number of anilines is 2. The van der Waals surface area contributed by atoms with Gasteiger partial charge < -0.3 is 5.32 Å². The molecule has 3 nitrogen and oxygen atoms in total. The van der Waals surface area contributed by atoms with E-state index in [4.69, 9.17) is 0 Å². The molecule has 198 valence electrons. The minimum absolute atomic E-state index is 0.0276. The predicted molar refractivity (Wildman–Crippen MR) is 156 cm³/mol. The van der Waals surface area contributed by atoms with Crippen LogP contribution in [0.1, 0.15) is 118 Å². The van der Waals surface area contributed by atoms with Crippen molar-refractivity contribution in [3.63, 3.8) is 0 Å². The average molecular weight is 491 g/mol. The Morgan fingerprint density at radius 2 is 0.972 bits per heavy atom. The second kappa shape index (κ2) is 9.63. The number of nitrogens with one attached hydrogen (secondary N) is 1. The van der Waals surface area contributed by atoms with Crippen molar-refractivity contribution in [1.82, 2.24) is 5.32 Å². The van der Waals surface area contributed by atoms with Crippen molar-refractivity contribution in [2.75, 3.05) is 11.4 Å². The van der Waals surface area contributed by atoms with E-state index in [0.717, 1.165) is 30.8 Å². The van der Waals surface area contributed by atoms with Crippen molar-refractivity contribution in [1.29, 1.82) is 0 Å². The summed E-state index contributed by atoms with van der Waals surface area (Å²) < 4.78 is 0. The highest BCUT2D eigenvalue weighted by Crippen LogP contribution is 2.39. The van der Waals surface area contributed by atoms with Crippen LogP contribution in [0.15, 0.2) is 36.4 Å². The Bertz CT molecular complexity index is 954. The third-order valence-electron chi connectivity index (χ3n) is 7.39. The summed E-state index contributed by atoms with van der Waals surface area (Å²) in [5.41, 5.74) is 6.85. The summed E-state index contributed by atoms with van der Waals surface area (Å²) in [6.45, 7) is 27.9. The second-order valence-electron chi connectivity index (χ2n) is 14.9. The molecule has 1 amide bonds. The molecule has 0 bridgehead atoms. The third-order valence-corrected chi connectivity index (χ3v) is 7.39. The van der Waals surface area contributed by atoms with Gasteiger partial charge >= 0.3 is 0 Å². The number of carbonyl (C=O) groups is 1.